The van der Waals surface area contributed by atoms with Gasteiger partial charge < -0.3 is 20.7 Å². The Balaban J connectivity index is 2.04. The summed E-state index contributed by atoms with van der Waals surface area (Å²) in [6.45, 7) is 1.38. The van der Waals surface area contributed by atoms with Gasteiger partial charge in [0.15, 0.2) is 6.10 Å². The standard InChI is InChI=1S/C17H19N5O5/c1-10(16(23)20-11-4-6-12(7-5-11)21(2)3)27-17(24)14-8-13(22(25)26)9-19-15(14)18/h4-10H,1-3H3,(H2,18,19)(H,20,23). The first-order chi connectivity index (χ1) is 12.7. The van der Waals surface area contributed by atoms with Crippen molar-refractivity contribution in [1.82, 2.24) is 4.98 Å². The van der Waals surface area contributed by atoms with E-state index in [0.717, 1.165) is 18.0 Å². The molecule has 0 spiro atoms. The minimum atomic E-state index is -1.15. The number of carbonyl (C=O) groups is 2. The van der Waals surface area contributed by atoms with Gasteiger partial charge in [0.25, 0.3) is 11.6 Å². The SMILES string of the molecule is CC(OC(=O)c1cc([N+](=O)[O-])cnc1N)C(=O)Nc1ccc(N(C)C)cc1. The molecule has 0 radical (unpaired) electrons. The Hall–Kier alpha value is -3.69. The first kappa shape index (κ1) is 19.6. The monoisotopic (exact) mass is 373 g/mol. The van der Waals surface area contributed by atoms with Crippen LogP contribution in [0, 0.1) is 10.1 Å². The largest absolute Gasteiger partial charge is 0.449 e. The number of hydrogen-bond acceptors (Lipinski definition) is 8. The van der Waals surface area contributed by atoms with Gasteiger partial charge in [-0.3, -0.25) is 14.9 Å². The van der Waals surface area contributed by atoms with Crippen LogP contribution in [0.4, 0.5) is 22.9 Å². The number of rotatable bonds is 6. The quantitative estimate of drug-likeness (QED) is 0.444. The summed E-state index contributed by atoms with van der Waals surface area (Å²) in [4.78, 5) is 40.0. The highest BCUT2D eigenvalue weighted by Crippen LogP contribution is 2.19. The van der Waals surface area contributed by atoms with Gasteiger partial charge in [0.05, 0.1) is 4.92 Å². The number of esters is 1. The summed E-state index contributed by atoms with van der Waals surface area (Å²) in [5.41, 5.74) is 6.37. The molecular weight excluding hydrogens is 354 g/mol. The van der Waals surface area contributed by atoms with Gasteiger partial charge in [-0.1, -0.05) is 0 Å². The van der Waals surface area contributed by atoms with E-state index in [-0.39, 0.29) is 11.4 Å². The summed E-state index contributed by atoms with van der Waals surface area (Å²) in [7, 11) is 3.78. The van der Waals surface area contributed by atoms with E-state index < -0.39 is 28.6 Å². The van der Waals surface area contributed by atoms with Crippen molar-refractivity contribution in [3.05, 3.63) is 52.2 Å². The number of nitro groups is 1. The second-order valence-electron chi connectivity index (χ2n) is 5.86. The van der Waals surface area contributed by atoms with Crippen molar-refractivity contribution >= 4 is 34.8 Å². The number of aromatic nitrogens is 1. The zero-order chi connectivity index (χ0) is 20.1. The van der Waals surface area contributed by atoms with Crippen LogP contribution in [0.1, 0.15) is 17.3 Å². The van der Waals surface area contributed by atoms with Gasteiger partial charge in [-0.05, 0) is 31.2 Å². The van der Waals surface area contributed by atoms with Crippen LogP contribution >= 0.6 is 0 Å². The van der Waals surface area contributed by atoms with E-state index in [0.29, 0.717) is 5.69 Å². The smallest absolute Gasteiger partial charge is 0.342 e. The molecule has 1 aromatic carbocycles. The zero-order valence-corrected chi connectivity index (χ0v) is 15.0. The van der Waals surface area contributed by atoms with Gasteiger partial charge in [-0.15, -0.1) is 0 Å². The summed E-state index contributed by atoms with van der Waals surface area (Å²) >= 11 is 0. The van der Waals surface area contributed by atoms with E-state index in [2.05, 4.69) is 10.3 Å². The molecule has 1 heterocycles. The summed E-state index contributed by atoms with van der Waals surface area (Å²) in [5, 5.41) is 13.4. The zero-order valence-electron chi connectivity index (χ0n) is 15.0. The minimum absolute atomic E-state index is 0.225. The van der Waals surface area contributed by atoms with Crippen molar-refractivity contribution in [1.29, 1.82) is 0 Å². The van der Waals surface area contributed by atoms with Crippen LogP contribution in [-0.2, 0) is 9.53 Å². The van der Waals surface area contributed by atoms with Crippen LogP contribution in [0.5, 0.6) is 0 Å². The maximum absolute atomic E-state index is 12.2. The number of ether oxygens (including phenoxy) is 1. The molecule has 0 aliphatic carbocycles. The molecule has 27 heavy (non-hydrogen) atoms. The number of amides is 1. The predicted molar refractivity (Wildman–Crippen MR) is 99.6 cm³/mol. The average molecular weight is 373 g/mol. The maximum atomic E-state index is 12.2. The average Bonchev–Trinajstić information content (AvgIpc) is 2.62. The highest BCUT2D eigenvalue weighted by atomic mass is 16.6. The lowest BCUT2D eigenvalue weighted by Crippen LogP contribution is -2.30. The van der Waals surface area contributed by atoms with Gasteiger partial charge in [0, 0.05) is 31.5 Å². The number of pyridine rings is 1. The van der Waals surface area contributed by atoms with Crippen molar-refractivity contribution in [2.24, 2.45) is 0 Å². The predicted octanol–water partition coefficient (Wildman–Crippen LogP) is 1.82. The molecule has 0 aliphatic heterocycles. The van der Waals surface area contributed by atoms with E-state index in [1.807, 2.05) is 31.1 Å². The lowest BCUT2D eigenvalue weighted by atomic mass is 10.2. The van der Waals surface area contributed by atoms with Gasteiger partial charge in [-0.2, -0.15) is 0 Å². The third-order valence-electron chi connectivity index (χ3n) is 3.64. The van der Waals surface area contributed by atoms with E-state index in [4.69, 9.17) is 10.5 Å². The Bertz CT molecular complexity index is 867. The van der Waals surface area contributed by atoms with Crippen molar-refractivity contribution in [2.75, 3.05) is 30.0 Å². The molecule has 0 saturated heterocycles. The minimum Gasteiger partial charge on any atom is -0.449 e. The number of benzene rings is 1. The highest BCUT2D eigenvalue weighted by Gasteiger charge is 2.23. The van der Waals surface area contributed by atoms with Crippen LogP contribution in [-0.4, -0.2) is 42.0 Å². The molecule has 3 N–H and O–H groups in total. The van der Waals surface area contributed by atoms with Gasteiger partial charge in [0.1, 0.15) is 17.6 Å². The Kier molecular flexibility index (Phi) is 5.91. The van der Waals surface area contributed by atoms with Crippen molar-refractivity contribution in [3.63, 3.8) is 0 Å². The molecule has 1 atom stereocenters. The fourth-order valence-corrected chi connectivity index (χ4v) is 2.09. The molecule has 10 heteroatoms. The van der Waals surface area contributed by atoms with E-state index in [1.54, 1.807) is 12.1 Å². The topological polar surface area (TPSA) is 141 Å². The molecule has 1 unspecified atom stereocenters. The summed E-state index contributed by atoms with van der Waals surface area (Å²) < 4.78 is 5.05. The van der Waals surface area contributed by atoms with Crippen LogP contribution < -0.4 is 16.0 Å². The molecule has 0 aliphatic rings. The maximum Gasteiger partial charge on any atom is 0.342 e. The molecule has 0 fully saturated rings. The van der Waals surface area contributed by atoms with Crippen molar-refractivity contribution in [2.45, 2.75) is 13.0 Å². The van der Waals surface area contributed by atoms with Crippen molar-refractivity contribution in [3.8, 4) is 0 Å². The molecule has 142 valence electrons. The molecule has 2 rings (SSSR count). The van der Waals surface area contributed by atoms with Gasteiger partial charge in [-0.25, -0.2) is 9.78 Å². The van der Waals surface area contributed by atoms with Crippen LogP contribution in [0.3, 0.4) is 0 Å². The second-order valence-corrected chi connectivity index (χ2v) is 5.86. The van der Waals surface area contributed by atoms with E-state index in [1.165, 1.54) is 6.92 Å². The number of nitrogens with one attached hydrogen (secondary N) is 1. The lowest BCUT2D eigenvalue weighted by molar-refractivity contribution is -0.385. The fraction of sp³-hybridized carbons (Fsp3) is 0.235. The molecule has 0 saturated carbocycles. The Morgan fingerprint density at radius 2 is 1.93 bits per heavy atom. The first-order valence-electron chi connectivity index (χ1n) is 7.88. The number of anilines is 3. The number of nitrogen functional groups attached to an aromatic ring is 1. The van der Waals surface area contributed by atoms with E-state index >= 15 is 0 Å². The number of nitrogens with zero attached hydrogens (tertiary/aromatic N) is 3. The Morgan fingerprint density at radius 3 is 2.48 bits per heavy atom. The first-order valence-corrected chi connectivity index (χ1v) is 7.88. The number of carbonyl (C=O) groups excluding carboxylic acids is 2. The van der Waals surface area contributed by atoms with Crippen molar-refractivity contribution < 1.29 is 19.2 Å². The van der Waals surface area contributed by atoms with Gasteiger partial charge >= 0.3 is 5.97 Å². The molecule has 10 nitrogen and oxygen atoms in total. The second kappa shape index (κ2) is 8.13. The summed E-state index contributed by atoms with van der Waals surface area (Å²) in [6.07, 6.45) is -0.218. The fourth-order valence-electron chi connectivity index (χ4n) is 2.09. The molecule has 0 bridgehead atoms. The van der Waals surface area contributed by atoms with E-state index in [9.17, 15) is 19.7 Å². The molecule has 1 aromatic heterocycles. The third-order valence-corrected chi connectivity index (χ3v) is 3.64. The summed E-state index contributed by atoms with van der Waals surface area (Å²) in [5.74, 6) is -1.76. The van der Waals surface area contributed by atoms with Gasteiger partial charge in [0.2, 0.25) is 0 Å². The number of nitrogens with two attached hydrogens (primary N) is 1. The lowest BCUT2D eigenvalue weighted by Gasteiger charge is -2.15. The number of hydrogen-bond donors (Lipinski definition) is 2. The highest BCUT2D eigenvalue weighted by molar-refractivity contribution is 5.99. The normalized spacial score (nSPS) is 11.4. The Labute approximate surface area is 155 Å². The molecule has 2 aromatic rings. The van der Waals surface area contributed by atoms with Crippen LogP contribution in [0.25, 0.3) is 0 Å². The van der Waals surface area contributed by atoms with Crippen LogP contribution in [0.2, 0.25) is 0 Å². The molecular formula is C17H19N5O5. The van der Waals surface area contributed by atoms with Crippen LogP contribution in [0.15, 0.2) is 36.5 Å². The third kappa shape index (κ3) is 4.91. The molecule has 1 amide bonds. The summed E-state index contributed by atoms with van der Waals surface area (Å²) in [6, 6.07) is 8.02. The Morgan fingerprint density at radius 1 is 1.30 bits per heavy atom.